The van der Waals surface area contributed by atoms with Crippen LogP contribution in [0.5, 0.6) is 0 Å². The Morgan fingerprint density at radius 2 is 2.33 bits per heavy atom. The minimum atomic E-state index is -0.783. The second kappa shape index (κ2) is 4.61. The van der Waals surface area contributed by atoms with Gasteiger partial charge in [0.15, 0.2) is 0 Å². The highest BCUT2D eigenvalue weighted by Gasteiger charge is 2.21. The lowest BCUT2D eigenvalue weighted by molar-refractivity contribution is 0.279. The van der Waals surface area contributed by atoms with E-state index >= 15 is 0 Å². The summed E-state index contributed by atoms with van der Waals surface area (Å²) in [5.74, 6) is 0.842. The van der Waals surface area contributed by atoms with Gasteiger partial charge in [-0.2, -0.15) is 0 Å². The number of halogens is 1. The molecule has 1 N–H and O–H groups in total. The molecule has 1 saturated carbocycles. The van der Waals surface area contributed by atoms with Gasteiger partial charge in [0, 0.05) is 12.5 Å². The molecule has 1 aliphatic rings. The Morgan fingerprint density at radius 1 is 1.67 bits per heavy atom. The van der Waals surface area contributed by atoms with Crippen LogP contribution in [0.1, 0.15) is 19.8 Å². The Hall–Kier alpha value is -0.370. The first-order valence-electron chi connectivity index (χ1n) is 4.71. The van der Waals surface area contributed by atoms with Crippen LogP contribution in [0, 0.1) is 11.8 Å². The summed E-state index contributed by atoms with van der Waals surface area (Å²) >= 11 is 0. The minimum absolute atomic E-state index is 0.0243. The molecule has 0 aromatic rings. The zero-order valence-corrected chi connectivity index (χ0v) is 7.72. The molecule has 1 rings (SSSR count). The third-order valence-corrected chi connectivity index (χ3v) is 2.40. The van der Waals surface area contributed by atoms with Crippen molar-refractivity contribution < 1.29 is 4.39 Å². The Kier molecular flexibility index (Phi) is 3.73. The predicted molar refractivity (Wildman–Crippen MR) is 49.9 cm³/mol. The summed E-state index contributed by atoms with van der Waals surface area (Å²) in [4.78, 5) is 0. The first-order chi connectivity index (χ1) is 5.74. The lowest BCUT2D eigenvalue weighted by atomic mass is 10.1. The second-order valence-corrected chi connectivity index (χ2v) is 3.68. The van der Waals surface area contributed by atoms with Crippen molar-refractivity contribution in [1.29, 1.82) is 0 Å². The van der Waals surface area contributed by atoms with E-state index in [1.807, 2.05) is 0 Å². The second-order valence-electron chi connectivity index (χ2n) is 3.68. The van der Waals surface area contributed by atoms with E-state index in [1.165, 1.54) is 12.8 Å². The third kappa shape index (κ3) is 3.35. The van der Waals surface area contributed by atoms with Crippen LogP contribution in [-0.2, 0) is 0 Å². The van der Waals surface area contributed by atoms with Crippen molar-refractivity contribution in [3.8, 4) is 0 Å². The maximum absolute atomic E-state index is 12.8. The molecule has 2 atom stereocenters. The zero-order chi connectivity index (χ0) is 8.97. The molecular weight excluding hydrogens is 153 g/mol. The molecule has 0 aromatic carbocycles. The van der Waals surface area contributed by atoms with Crippen molar-refractivity contribution >= 4 is 0 Å². The maximum Gasteiger partial charge on any atom is 0.105 e. The summed E-state index contributed by atoms with van der Waals surface area (Å²) in [6.45, 7) is 6.99. The van der Waals surface area contributed by atoms with E-state index in [0.29, 0.717) is 0 Å². The van der Waals surface area contributed by atoms with Gasteiger partial charge in [0.2, 0.25) is 0 Å². The summed E-state index contributed by atoms with van der Waals surface area (Å²) in [7, 11) is 0. The molecule has 0 aromatic heterocycles. The summed E-state index contributed by atoms with van der Waals surface area (Å²) in [5, 5.41) is 3.27. The predicted octanol–water partition coefficient (Wildman–Crippen LogP) is 2.15. The number of nitrogens with one attached hydrogen (secondary N) is 1. The van der Waals surface area contributed by atoms with Gasteiger partial charge in [-0.1, -0.05) is 6.08 Å². The molecule has 0 saturated heterocycles. The Bertz CT molecular complexity index is 141. The van der Waals surface area contributed by atoms with E-state index in [1.54, 1.807) is 13.0 Å². The Balaban J connectivity index is 2.04. The van der Waals surface area contributed by atoms with Gasteiger partial charge in [-0.3, -0.25) is 0 Å². The maximum atomic E-state index is 12.8. The quantitative estimate of drug-likeness (QED) is 0.604. The lowest BCUT2D eigenvalue weighted by Crippen LogP contribution is -2.28. The zero-order valence-electron chi connectivity index (χ0n) is 7.72. The van der Waals surface area contributed by atoms with Crippen LogP contribution in [0.25, 0.3) is 0 Å². The number of rotatable bonds is 6. The van der Waals surface area contributed by atoms with E-state index < -0.39 is 6.17 Å². The molecule has 0 heterocycles. The van der Waals surface area contributed by atoms with Crippen LogP contribution >= 0.6 is 0 Å². The van der Waals surface area contributed by atoms with Crippen molar-refractivity contribution in [1.82, 2.24) is 5.32 Å². The summed E-state index contributed by atoms with van der Waals surface area (Å²) in [6.07, 6.45) is 3.60. The third-order valence-electron chi connectivity index (χ3n) is 2.40. The largest absolute Gasteiger partial charge is 0.316 e. The molecule has 12 heavy (non-hydrogen) atoms. The average molecular weight is 171 g/mol. The fraction of sp³-hybridized carbons (Fsp3) is 0.800. The molecule has 0 aliphatic heterocycles. The Labute approximate surface area is 74.0 Å². The molecule has 0 radical (unpaired) electrons. The van der Waals surface area contributed by atoms with Crippen LogP contribution in [0.15, 0.2) is 12.7 Å². The van der Waals surface area contributed by atoms with E-state index in [9.17, 15) is 4.39 Å². The molecule has 1 aliphatic carbocycles. The molecule has 1 fully saturated rings. The lowest BCUT2D eigenvalue weighted by Gasteiger charge is -2.14. The van der Waals surface area contributed by atoms with Crippen molar-refractivity contribution in [2.24, 2.45) is 11.8 Å². The van der Waals surface area contributed by atoms with Crippen LogP contribution in [-0.4, -0.2) is 19.3 Å². The first kappa shape index (κ1) is 9.72. The molecule has 0 amide bonds. The monoisotopic (exact) mass is 171 g/mol. The van der Waals surface area contributed by atoms with Crippen LogP contribution in [0.3, 0.4) is 0 Å². The van der Waals surface area contributed by atoms with Gasteiger partial charge in [-0.15, -0.1) is 6.58 Å². The summed E-state index contributed by atoms with van der Waals surface area (Å²) < 4.78 is 12.8. The van der Waals surface area contributed by atoms with Gasteiger partial charge in [0.05, 0.1) is 0 Å². The van der Waals surface area contributed by atoms with Gasteiger partial charge in [-0.25, -0.2) is 4.39 Å². The highest BCUT2D eigenvalue weighted by atomic mass is 19.1. The van der Waals surface area contributed by atoms with Crippen LogP contribution < -0.4 is 5.32 Å². The molecule has 2 heteroatoms. The fourth-order valence-electron chi connectivity index (χ4n) is 1.21. The topological polar surface area (TPSA) is 12.0 Å². The highest BCUT2D eigenvalue weighted by molar-refractivity contribution is 4.85. The van der Waals surface area contributed by atoms with Gasteiger partial charge in [0.25, 0.3) is 0 Å². The van der Waals surface area contributed by atoms with E-state index in [0.717, 1.165) is 19.0 Å². The molecule has 1 nitrogen and oxygen atoms in total. The molecule has 0 bridgehead atoms. The van der Waals surface area contributed by atoms with Crippen molar-refractivity contribution in [2.75, 3.05) is 13.1 Å². The van der Waals surface area contributed by atoms with Crippen molar-refractivity contribution in [3.05, 3.63) is 12.7 Å². The number of alkyl halides is 1. The highest BCUT2D eigenvalue weighted by Crippen LogP contribution is 2.27. The fourth-order valence-corrected chi connectivity index (χ4v) is 1.21. The van der Waals surface area contributed by atoms with Gasteiger partial charge < -0.3 is 5.32 Å². The summed E-state index contributed by atoms with van der Waals surface area (Å²) in [6, 6.07) is 0. The van der Waals surface area contributed by atoms with Gasteiger partial charge >= 0.3 is 0 Å². The van der Waals surface area contributed by atoms with Gasteiger partial charge in [-0.05, 0) is 32.2 Å². The molecular formula is C10H18FN. The number of hydrogen-bond donors (Lipinski definition) is 1. The normalized spacial score (nSPS) is 21.8. The average Bonchev–Trinajstić information content (AvgIpc) is 2.80. The summed E-state index contributed by atoms with van der Waals surface area (Å²) in [5.41, 5.74) is 0. The molecule has 0 spiro atoms. The van der Waals surface area contributed by atoms with E-state index in [2.05, 4.69) is 11.9 Å². The Morgan fingerprint density at radius 3 is 2.75 bits per heavy atom. The van der Waals surface area contributed by atoms with Gasteiger partial charge in [0.1, 0.15) is 6.17 Å². The first-order valence-corrected chi connectivity index (χ1v) is 4.71. The van der Waals surface area contributed by atoms with Crippen LogP contribution in [0.4, 0.5) is 4.39 Å². The van der Waals surface area contributed by atoms with Crippen LogP contribution in [0.2, 0.25) is 0 Å². The van der Waals surface area contributed by atoms with E-state index in [-0.39, 0.29) is 5.92 Å². The van der Waals surface area contributed by atoms with Crippen molar-refractivity contribution in [3.63, 3.8) is 0 Å². The SMILES string of the molecule is C=CC(CNCC1CC1)C(C)F. The molecule has 70 valence electrons. The van der Waals surface area contributed by atoms with E-state index in [4.69, 9.17) is 0 Å². The van der Waals surface area contributed by atoms with Crippen molar-refractivity contribution in [2.45, 2.75) is 25.9 Å². The smallest absolute Gasteiger partial charge is 0.105 e. The standard InChI is InChI=1S/C10H18FN/c1-3-10(8(2)11)7-12-6-9-4-5-9/h3,8-10,12H,1,4-7H2,2H3. The number of hydrogen-bond acceptors (Lipinski definition) is 1. The molecule has 2 unspecified atom stereocenters. The minimum Gasteiger partial charge on any atom is -0.316 e.